The minimum absolute atomic E-state index is 0.0268. The Bertz CT molecular complexity index is 536. The van der Waals surface area contributed by atoms with Gasteiger partial charge in [-0.25, -0.2) is 0 Å². The summed E-state index contributed by atoms with van der Waals surface area (Å²) in [7, 11) is 0. The van der Waals surface area contributed by atoms with Crippen LogP contribution in [0.5, 0.6) is 0 Å². The van der Waals surface area contributed by atoms with Crippen molar-refractivity contribution in [3.63, 3.8) is 0 Å². The third-order valence-corrected chi connectivity index (χ3v) is 4.29. The molecule has 0 aliphatic heterocycles. The maximum Gasteiger partial charge on any atom is 0.224 e. The van der Waals surface area contributed by atoms with Gasteiger partial charge >= 0.3 is 0 Å². The van der Waals surface area contributed by atoms with Gasteiger partial charge in [0.1, 0.15) is 0 Å². The van der Waals surface area contributed by atoms with Gasteiger partial charge in [0, 0.05) is 12.8 Å². The van der Waals surface area contributed by atoms with Crippen LogP contribution in [0.1, 0.15) is 49.3 Å². The number of rotatable bonds is 3. The van der Waals surface area contributed by atoms with Crippen molar-refractivity contribution in [2.75, 3.05) is 0 Å². The van der Waals surface area contributed by atoms with Crippen molar-refractivity contribution in [1.29, 1.82) is 0 Å². The molecule has 0 radical (unpaired) electrons. The number of allylic oxidation sites excluding steroid dienone is 1. The Morgan fingerprint density at radius 2 is 2.15 bits per heavy atom. The summed E-state index contributed by atoms with van der Waals surface area (Å²) in [6, 6.07) is 7.70. The van der Waals surface area contributed by atoms with Crippen molar-refractivity contribution in [3.8, 4) is 0 Å². The zero-order chi connectivity index (χ0) is 13.9. The number of hydrogen-bond acceptors (Lipinski definition) is 2. The summed E-state index contributed by atoms with van der Waals surface area (Å²) in [5.41, 5.74) is 3.45. The molecule has 1 aromatic rings. The fourth-order valence-corrected chi connectivity index (χ4v) is 3.24. The number of aliphatic hydroxyl groups excluding tert-OH is 1. The normalized spacial score (nSPS) is 24.9. The lowest BCUT2D eigenvalue weighted by Gasteiger charge is -2.19. The first-order chi connectivity index (χ1) is 9.74. The lowest BCUT2D eigenvalue weighted by molar-refractivity contribution is -0.122. The van der Waals surface area contributed by atoms with Crippen LogP contribution in [0.4, 0.5) is 0 Å². The fraction of sp³-hybridized carbons (Fsp3) is 0.471. The van der Waals surface area contributed by atoms with Gasteiger partial charge in [-0.1, -0.05) is 35.9 Å². The summed E-state index contributed by atoms with van der Waals surface area (Å²) in [5, 5.41) is 13.1. The first kappa shape index (κ1) is 13.4. The van der Waals surface area contributed by atoms with Gasteiger partial charge in [0.2, 0.25) is 5.91 Å². The van der Waals surface area contributed by atoms with Gasteiger partial charge < -0.3 is 10.4 Å². The quantitative estimate of drug-likeness (QED) is 0.830. The van der Waals surface area contributed by atoms with Crippen LogP contribution in [0.3, 0.4) is 0 Å². The van der Waals surface area contributed by atoms with Crippen molar-refractivity contribution in [2.24, 2.45) is 0 Å². The number of amides is 1. The van der Waals surface area contributed by atoms with Crippen molar-refractivity contribution in [2.45, 2.75) is 50.7 Å². The standard InChI is InChI=1S/C17H21NO2/c19-15-11-13-8-4-5-9-14(13)17(15)18-16(20)10-12-6-2-1-3-7-12/h4-6,8-9,15,17,19H,1-3,7,10-11H2,(H,18,20)/t15-,17+/m0/s1. The Balaban J connectivity index is 1.65. The van der Waals surface area contributed by atoms with Crippen molar-refractivity contribution in [3.05, 3.63) is 47.0 Å². The molecule has 0 saturated heterocycles. The molecule has 1 aromatic carbocycles. The molecule has 20 heavy (non-hydrogen) atoms. The highest BCUT2D eigenvalue weighted by molar-refractivity contribution is 5.79. The van der Waals surface area contributed by atoms with Crippen molar-refractivity contribution >= 4 is 5.91 Å². The van der Waals surface area contributed by atoms with Gasteiger partial charge in [-0.2, -0.15) is 0 Å². The number of fused-ring (bicyclic) bond motifs is 1. The van der Waals surface area contributed by atoms with Gasteiger partial charge in [0.05, 0.1) is 12.1 Å². The van der Waals surface area contributed by atoms with E-state index in [0.717, 1.165) is 24.0 Å². The van der Waals surface area contributed by atoms with Crippen LogP contribution in [0.2, 0.25) is 0 Å². The number of nitrogens with one attached hydrogen (secondary N) is 1. The zero-order valence-electron chi connectivity index (χ0n) is 11.6. The molecule has 2 N–H and O–H groups in total. The fourth-order valence-electron chi connectivity index (χ4n) is 3.24. The molecule has 1 amide bonds. The Kier molecular flexibility index (Phi) is 3.88. The summed E-state index contributed by atoms with van der Waals surface area (Å²) in [6.45, 7) is 0. The Labute approximate surface area is 119 Å². The minimum Gasteiger partial charge on any atom is -0.390 e. The van der Waals surface area contributed by atoms with Crippen LogP contribution in [0.15, 0.2) is 35.9 Å². The Morgan fingerprint density at radius 3 is 2.95 bits per heavy atom. The summed E-state index contributed by atoms with van der Waals surface area (Å²) >= 11 is 0. The first-order valence-corrected chi connectivity index (χ1v) is 7.47. The number of benzene rings is 1. The highest BCUT2D eigenvalue weighted by Gasteiger charge is 2.31. The maximum absolute atomic E-state index is 12.2. The van der Waals surface area contributed by atoms with Crippen LogP contribution in [0, 0.1) is 0 Å². The van der Waals surface area contributed by atoms with Crippen LogP contribution < -0.4 is 5.32 Å². The van der Waals surface area contributed by atoms with E-state index in [1.807, 2.05) is 24.3 Å². The van der Waals surface area contributed by atoms with Crippen molar-refractivity contribution < 1.29 is 9.90 Å². The van der Waals surface area contributed by atoms with Crippen LogP contribution in [-0.4, -0.2) is 17.1 Å². The molecule has 0 bridgehead atoms. The van der Waals surface area contributed by atoms with Crippen molar-refractivity contribution in [1.82, 2.24) is 5.32 Å². The smallest absolute Gasteiger partial charge is 0.224 e. The van der Waals surface area contributed by atoms with E-state index in [2.05, 4.69) is 11.4 Å². The van der Waals surface area contributed by atoms with Crippen LogP contribution >= 0.6 is 0 Å². The molecular weight excluding hydrogens is 250 g/mol. The molecule has 2 aliphatic rings. The summed E-state index contributed by atoms with van der Waals surface area (Å²) in [6.07, 6.45) is 7.36. The summed E-state index contributed by atoms with van der Waals surface area (Å²) < 4.78 is 0. The van der Waals surface area contributed by atoms with E-state index < -0.39 is 6.10 Å². The van der Waals surface area contributed by atoms with E-state index in [-0.39, 0.29) is 11.9 Å². The Morgan fingerprint density at radius 1 is 1.30 bits per heavy atom. The zero-order valence-corrected chi connectivity index (χ0v) is 11.6. The molecule has 3 rings (SSSR count). The molecular formula is C17H21NO2. The first-order valence-electron chi connectivity index (χ1n) is 7.47. The molecule has 0 spiro atoms. The second-order valence-corrected chi connectivity index (χ2v) is 5.80. The molecule has 3 nitrogen and oxygen atoms in total. The third kappa shape index (κ3) is 2.78. The van der Waals surface area contributed by atoms with E-state index in [1.165, 1.54) is 18.4 Å². The van der Waals surface area contributed by atoms with E-state index in [9.17, 15) is 9.90 Å². The predicted octanol–water partition coefficient (Wildman–Crippen LogP) is 2.65. The average molecular weight is 271 g/mol. The highest BCUT2D eigenvalue weighted by atomic mass is 16.3. The van der Waals surface area contributed by atoms with Gasteiger partial charge in [0.15, 0.2) is 0 Å². The average Bonchev–Trinajstić information content (AvgIpc) is 2.76. The minimum atomic E-state index is -0.503. The van der Waals surface area contributed by atoms with Crippen LogP contribution in [0.25, 0.3) is 0 Å². The lowest BCUT2D eigenvalue weighted by Crippen LogP contribution is -2.34. The topological polar surface area (TPSA) is 49.3 Å². The largest absolute Gasteiger partial charge is 0.390 e. The molecule has 106 valence electrons. The van der Waals surface area contributed by atoms with E-state index in [1.54, 1.807) is 0 Å². The molecule has 0 unspecified atom stereocenters. The van der Waals surface area contributed by atoms with Gasteiger partial charge in [-0.05, 0) is 36.8 Å². The predicted molar refractivity (Wildman–Crippen MR) is 78.2 cm³/mol. The molecule has 0 fully saturated rings. The molecule has 2 aliphatic carbocycles. The highest BCUT2D eigenvalue weighted by Crippen LogP contribution is 2.31. The summed E-state index contributed by atoms with van der Waals surface area (Å²) in [5.74, 6) is 0.0268. The monoisotopic (exact) mass is 271 g/mol. The Hall–Kier alpha value is -1.61. The van der Waals surface area contributed by atoms with E-state index >= 15 is 0 Å². The van der Waals surface area contributed by atoms with Crippen LogP contribution in [-0.2, 0) is 11.2 Å². The number of carbonyl (C=O) groups excluding carboxylic acids is 1. The molecule has 0 aromatic heterocycles. The number of carbonyl (C=O) groups is 1. The summed E-state index contributed by atoms with van der Waals surface area (Å²) in [4.78, 5) is 12.2. The van der Waals surface area contributed by atoms with Gasteiger partial charge in [0.25, 0.3) is 0 Å². The van der Waals surface area contributed by atoms with Gasteiger partial charge in [-0.3, -0.25) is 4.79 Å². The molecule has 2 atom stereocenters. The number of aliphatic hydroxyl groups is 1. The third-order valence-electron chi connectivity index (χ3n) is 4.29. The SMILES string of the molecule is O=C(CC1=CCCCC1)N[C@@H]1c2ccccc2C[C@@H]1O. The van der Waals surface area contributed by atoms with Gasteiger partial charge in [-0.15, -0.1) is 0 Å². The second-order valence-electron chi connectivity index (χ2n) is 5.80. The molecule has 3 heteroatoms. The van der Waals surface area contributed by atoms with E-state index in [0.29, 0.717) is 12.8 Å². The van der Waals surface area contributed by atoms with E-state index in [4.69, 9.17) is 0 Å². The number of hydrogen-bond donors (Lipinski definition) is 2. The lowest BCUT2D eigenvalue weighted by atomic mass is 9.97. The molecule has 0 heterocycles. The maximum atomic E-state index is 12.2. The second kappa shape index (κ2) is 5.80. The molecule has 0 saturated carbocycles.